The Balaban J connectivity index is 1.82. The lowest BCUT2D eigenvalue weighted by Crippen LogP contribution is -2.17. The summed E-state index contributed by atoms with van der Waals surface area (Å²) in [5.74, 6) is 4.09. The maximum absolute atomic E-state index is 11.8. The SMILES string of the molecule is Cn1ncnc1CC(=O)CC1CCSCC1. The van der Waals surface area contributed by atoms with Crippen molar-refractivity contribution in [2.24, 2.45) is 13.0 Å². The van der Waals surface area contributed by atoms with Crippen LogP contribution in [0.15, 0.2) is 6.33 Å². The molecule has 16 heavy (non-hydrogen) atoms. The second kappa shape index (κ2) is 5.48. The van der Waals surface area contributed by atoms with Gasteiger partial charge in [0.2, 0.25) is 0 Å². The maximum Gasteiger partial charge on any atom is 0.140 e. The smallest absolute Gasteiger partial charge is 0.140 e. The van der Waals surface area contributed by atoms with Crippen LogP contribution in [0.25, 0.3) is 0 Å². The summed E-state index contributed by atoms with van der Waals surface area (Å²) in [5, 5.41) is 3.97. The fraction of sp³-hybridized carbons (Fsp3) is 0.727. The average Bonchev–Trinajstić information content (AvgIpc) is 2.66. The number of aryl methyl sites for hydroxylation is 1. The van der Waals surface area contributed by atoms with E-state index in [9.17, 15) is 4.79 Å². The molecule has 0 saturated carbocycles. The van der Waals surface area contributed by atoms with E-state index in [1.807, 2.05) is 18.8 Å². The molecule has 1 aliphatic heterocycles. The van der Waals surface area contributed by atoms with Gasteiger partial charge in [0.25, 0.3) is 0 Å². The lowest BCUT2D eigenvalue weighted by molar-refractivity contribution is -0.119. The molecule has 2 heterocycles. The number of aromatic nitrogens is 3. The minimum absolute atomic E-state index is 0.299. The third-order valence-electron chi connectivity index (χ3n) is 3.02. The van der Waals surface area contributed by atoms with E-state index in [2.05, 4.69) is 10.1 Å². The zero-order valence-electron chi connectivity index (χ0n) is 9.56. The summed E-state index contributed by atoms with van der Waals surface area (Å²) in [5.41, 5.74) is 0. The zero-order valence-corrected chi connectivity index (χ0v) is 10.4. The second-order valence-corrected chi connectivity index (χ2v) is 5.50. The Hall–Kier alpha value is -0.840. The molecule has 88 valence electrons. The van der Waals surface area contributed by atoms with Crippen molar-refractivity contribution in [2.75, 3.05) is 11.5 Å². The van der Waals surface area contributed by atoms with Gasteiger partial charge in [-0.25, -0.2) is 4.98 Å². The maximum atomic E-state index is 11.8. The molecule has 1 aliphatic rings. The summed E-state index contributed by atoms with van der Waals surface area (Å²) in [7, 11) is 1.83. The third kappa shape index (κ3) is 3.07. The monoisotopic (exact) mass is 239 g/mol. The van der Waals surface area contributed by atoms with E-state index >= 15 is 0 Å². The summed E-state index contributed by atoms with van der Waals surface area (Å²) in [6.45, 7) is 0. The largest absolute Gasteiger partial charge is 0.299 e. The Morgan fingerprint density at radius 1 is 1.56 bits per heavy atom. The number of hydrogen-bond acceptors (Lipinski definition) is 4. The standard InChI is InChI=1S/C11H17N3OS/c1-14-11(12-8-13-14)7-10(15)6-9-2-4-16-5-3-9/h8-9H,2-7H2,1H3. The zero-order chi connectivity index (χ0) is 11.4. The number of hydrogen-bond donors (Lipinski definition) is 0. The minimum Gasteiger partial charge on any atom is -0.299 e. The molecule has 1 aromatic rings. The molecule has 5 heteroatoms. The molecule has 0 spiro atoms. The van der Waals surface area contributed by atoms with Gasteiger partial charge in [-0.05, 0) is 30.3 Å². The van der Waals surface area contributed by atoms with Crippen molar-refractivity contribution < 1.29 is 4.79 Å². The first-order chi connectivity index (χ1) is 7.75. The van der Waals surface area contributed by atoms with Crippen LogP contribution in [0.1, 0.15) is 25.1 Å². The topological polar surface area (TPSA) is 47.8 Å². The first kappa shape index (κ1) is 11.6. The van der Waals surface area contributed by atoms with Gasteiger partial charge >= 0.3 is 0 Å². The van der Waals surface area contributed by atoms with Crippen LogP contribution in [-0.2, 0) is 18.3 Å². The van der Waals surface area contributed by atoms with Gasteiger partial charge < -0.3 is 0 Å². The van der Waals surface area contributed by atoms with Gasteiger partial charge in [0.1, 0.15) is 17.9 Å². The second-order valence-electron chi connectivity index (χ2n) is 4.28. The Kier molecular flexibility index (Phi) is 3.98. The molecule has 0 aliphatic carbocycles. The third-order valence-corrected chi connectivity index (χ3v) is 4.07. The van der Waals surface area contributed by atoms with Gasteiger partial charge in [-0.15, -0.1) is 0 Å². The number of thioether (sulfide) groups is 1. The first-order valence-corrected chi connectivity index (χ1v) is 6.83. The van der Waals surface area contributed by atoms with Crippen LogP contribution < -0.4 is 0 Å². The molecule has 0 aromatic carbocycles. The van der Waals surface area contributed by atoms with E-state index in [1.54, 1.807) is 4.68 Å². The lowest BCUT2D eigenvalue weighted by Gasteiger charge is -2.20. The van der Waals surface area contributed by atoms with Crippen LogP contribution in [-0.4, -0.2) is 32.1 Å². The molecule has 1 fully saturated rings. The Morgan fingerprint density at radius 2 is 2.31 bits per heavy atom. The van der Waals surface area contributed by atoms with Crippen molar-refractivity contribution in [3.05, 3.63) is 12.2 Å². The van der Waals surface area contributed by atoms with Gasteiger partial charge in [-0.2, -0.15) is 16.9 Å². The van der Waals surface area contributed by atoms with E-state index in [-0.39, 0.29) is 0 Å². The van der Waals surface area contributed by atoms with Crippen LogP contribution in [0.5, 0.6) is 0 Å². The van der Waals surface area contributed by atoms with E-state index in [0.717, 1.165) is 5.82 Å². The number of rotatable bonds is 4. The molecule has 0 atom stereocenters. The summed E-state index contributed by atoms with van der Waals surface area (Å²) in [6.07, 6.45) is 5.03. The molecule has 0 N–H and O–H groups in total. The molecule has 1 aromatic heterocycles. The van der Waals surface area contributed by atoms with Crippen LogP contribution in [0.3, 0.4) is 0 Å². The molecule has 1 saturated heterocycles. The summed E-state index contributed by atoms with van der Waals surface area (Å²) >= 11 is 2.00. The highest BCUT2D eigenvalue weighted by molar-refractivity contribution is 7.99. The quantitative estimate of drug-likeness (QED) is 0.798. The predicted molar refractivity (Wildman–Crippen MR) is 64.4 cm³/mol. The van der Waals surface area contributed by atoms with E-state index < -0.39 is 0 Å². The highest BCUT2D eigenvalue weighted by Crippen LogP contribution is 2.25. The highest BCUT2D eigenvalue weighted by atomic mass is 32.2. The number of carbonyl (C=O) groups excluding carboxylic acids is 1. The van der Waals surface area contributed by atoms with Crippen molar-refractivity contribution in [2.45, 2.75) is 25.7 Å². The van der Waals surface area contributed by atoms with Crippen LogP contribution >= 0.6 is 11.8 Å². The molecule has 0 bridgehead atoms. The summed E-state index contributed by atoms with van der Waals surface area (Å²) < 4.78 is 1.68. The molecule has 2 rings (SSSR count). The Bertz CT molecular complexity index is 358. The number of carbonyl (C=O) groups is 1. The normalized spacial score (nSPS) is 17.6. The average molecular weight is 239 g/mol. The van der Waals surface area contributed by atoms with Gasteiger partial charge in [-0.1, -0.05) is 0 Å². The number of Topliss-reactive ketones (excluding diaryl/α,β-unsaturated/α-hetero) is 1. The lowest BCUT2D eigenvalue weighted by atomic mass is 9.95. The van der Waals surface area contributed by atoms with Crippen LogP contribution in [0.2, 0.25) is 0 Å². The first-order valence-electron chi connectivity index (χ1n) is 5.68. The molecule has 4 nitrogen and oxygen atoms in total. The van der Waals surface area contributed by atoms with Crippen molar-refractivity contribution in [3.63, 3.8) is 0 Å². The van der Waals surface area contributed by atoms with Gasteiger partial charge in [0.15, 0.2) is 0 Å². The Morgan fingerprint density at radius 3 is 2.94 bits per heavy atom. The molecule has 0 radical (unpaired) electrons. The molecular weight excluding hydrogens is 222 g/mol. The van der Waals surface area contributed by atoms with Crippen molar-refractivity contribution in [3.8, 4) is 0 Å². The summed E-state index contributed by atoms with van der Waals surface area (Å²) in [4.78, 5) is 15.9. The Labute approximate surface area is 99.8 Å². The van der Waals surface area contributed by atoms with Gasteiger partial charge in [0, 0.05) is 13.5 Å². The van der Waals surface area contributed by atoms with E-state index in [1.165, 1.54) is 30.7 Å². The van der Waals surface area contributed by atoms with Crippen molar-refractivity contribution in [1.82, 2.24) is 14.8 Å². The summed E-state index contributed by atoms with van der Waals surface area (Å²) in [6, 6.07) is 0. The van der Waals surface area contributed by atoms with Crippen molar-refractivity contribution >= 4 is 17.5 Å². The number of ketones is 1. The van der Waals surface area contributed by atoms with E-state index in [4.69, 9.17) is 0 Å². The van der Waals surface area contributed by atoms with Crippen LogP contribution in [0.4, 0.5) is 0 Å². The van der Waals surface area contributed by atoms with Crippen molar-refractivity contribution in [1.29, 1.82) is 0 Å². The molecular formula is C11H17N3OS. The van der Waals surface area contributed by atoms with Gasteiger partial charge in [-0.3, -0.25) is 9.48 Å². The highest BCUT2D eigenvalue weighted by Gasteiger charge is 2.18. The molecule has 0 amide bonds. The predicted octanol–water partition coefficient (Wildman–Crippen LogP) is 1.46. The minimum atomic E-state index is 0.299. The van der Waals surface area contributed by atoms with Crippen LogP contribution in [0, 0.1) is 5.92 Å². The fourth-order valence-electron chi connectivity index (χ4n) is 2.00. The van der Waals surface area contributed by atoms with E-state index in [0.29, 0.717) is 24.5 Å². The fourth-order valence-corrected chi connectivity index (χ4v) is 3.21. The number of nitrogens with zero attached hydrogens (tertiary/aromatic N) is 3. The van der Waals surface area contributed by atoms with Gasteiger partial charge in [0.05, 0.1) is 6.42 Å². The molecule has 0 unspecified atom stereocenters.